The lowest BCUT2D eigenvalue weighted by molar-refractivity contribution is -0.149. The maximum absolute atomic E-state index is 11.4. The average molecular weight is 293 g/mol. The number of carboxylic acid groups (broad SMARTS) is 1. The second kappa shape index (κ2) is 7.78. The Kier molecular flexibility index (Phi) is 6.37. The molecule has 1 aromatic carbocycles. The zero-order chi connectivity index (χ0) is 15.9. The topological polar surface area (TPSA) is 75.6 Å². The summed E-state index contributed by atoms with van der Waals surface area (Å²) < 4.78 is 4.64. The van der Waals surface area contributed by atoms with E-state index in [1.54, 1.807) is 12.1 Å². The molecule has 0 aliphatic carbocycles. The highest BCUT2D eigenvalue weighted by Gasteiger charge is 2.34. The largest absolute Gasteiger partial charge is 0.481 e. The summed E-state index contributed by atoms with van der Waals surface area (Å²) in [7, 11) is 1.35. The van der Waals surface area contributed by atoms with Crippen molar-refractivity contribution in [2.75, 3.05) is 13.7 Å². The van der Waals surface area contributed by atoms with Crippen LogP contribution in [-0.2, 0) is 16.1 Å². The number of methoxy groups -OCH3 is 1. The molecule has 0 fully saturated rings. The van der Waals surface area contributed by atoms with Crippen LogP contribution in [0.15, 0.2) is 24.3 Å². The van der Waals surface area contributed by atoms with Crippen LogP contribution in [0.1, 0.15) is 42.6 Å². The molecule has 0 radical (unpaired) electrons. The number of aliphatic carboxylic acids is 1. The standard InChI is InChI=1S/C16H23NO4/c1-4-16(5-2,15(19)20)11-17-10-12-6-8-13(9-7-12)14(18)21-3/h6-9,17H,4-5,10-11H2,1-3H3,(H,19,20). The van der Waals surface area contributed by atoms with Crippen molar-refractivity contribution in [2.24, 2.45) is 5.41 Å². The van der Waals surface area contributed by atoms with E-state index in [4.69, 9.17) is 0 Å². The molecule has 0 saturated carbocycles. The fourth-order valence-corrected chi connectivity index (χ4v) is 2.20. The summed E-state index contributed by atoms with van der Waals surface area (Å²) in [4.78, 5) is 22.7. The van der Waals surface area contributed by atoms with Gasteiger partial charge >= 0.3 is 11.9 Å². The highest BCUT2D eigenvalue weighted by Crippen LogP contribution is 2.25. The van der Waals surface area contributed by atoms with Crippen LogP contribution in [0.3, 0.4) is 0 Å². The third-order valence-electron chi connectivity index (χ3n) is 3.97. The third-order valence-corrected chi connectivity index (χ3v) is 3.97. The molecule has 0 aliphatic rings. The molecule has 2 N–H and O–H groups in total. The summed E-state index contributed by atoms with van der Waals surface area (Å²) in [6.45, 7) is 4.78. The molecule has 0 spiro atoms. The number of hydrogen-bond acceptors (Lipinski definition) is 4. The van der Waals surface area contributed by atoms with Gasteiger partial charge in [-0.05, 0) is 30.5 Å². The van der Waals surface area contributed by atoms with Crippen LogP contribution in [0.25, 0.3) is 0 Å². The van der Waals surface area contributed by atoms with Crippen LogP contribution in [0, 0.1) is 5.41 Å². The number of benzene rings is 1. The van der Waals surface area contributed by atoms with Crippen molar-refractivity contribution in [1.29, 1.82) is 0 Å². The SMILES string of the molecule is CCC(CC)(CNCc1ccc(C(=O)OC)cc1)C(=O)O. The van der Waals surface area contributed by atoms with Gasteiger partial charge in [-0.1, -0.05) is 26.0 Å². The minimum Gasteiger partial charge on any atom is -0.481 e. The zero-order valence-electron chi connectivity index (χ0n) is 12.8. The number of carbonyl (C=O) groups is 2. The molecular formula is C16H23NO4. The Hall–Kier alpha value is -1.88. The van der Waals surface area contributed by atoms with E-state index in [9.17, 15) is 14.7 Å². The van der Waals surface area contributed by atoms with Crippen molar-refractivity contribution in [3.63, 3.8) is 0 Å². The van der Waals surface area contributed by atoms with Gasteiger partial charge in [-0.25, -0.2) is 4.79 Å². The van der Waals surface area contributed by atoms with Crippen molar-refractivity contribution in [3.05, 3.63) is 35.4 Å². The van der Waals surface area contributed by atoms with Gasteiger partial charge in [-0.15, -0.1) is 0 Å². The first kappa shape index (κ1) is 17.2. The maximum Gasteiger partial charge on any atom is 0.337 e. The maximum atomic E-state index is 11.4. The minimum absolute atomic E-state index is 0.364. The first-order chi connectivity index (χ1) is 9.99. The van der Waals surface area contributed by atoms with Crippen LogP contribution in [0.5, 0.6) is 0 Å². The van der Waals surface area contributed by atoms with Gasteiger partial charge < -0.3 is 15.2 Å². The van der Waals surface area contributed by atoms with E-state index in [2.05, 4.69) is 10.1 Å². The van der Waals surface area contributed by atoms with Crippen molar-refractivity contribution in [3.8, 4) is 0 Å². The van der Waals surface area contributed by atoms with Gasteiger partial charge in [0.2, 0.25) is 0 Å². The van der Waals surface area contributed by atoms with Crippen molar-refractivity contribution >= 4 is 11.9 Å². The average Bonchev–Trinajstić information content (AvgIpc) is 2.51. The van der Waals surface area contributed by atoms with Crippen LogP contribution in [-0.4, -0.2) is 30.7 Å². The molecule has 0 amide bonds. The molecule has 1 rings (SSSR count). The lowest BCUT2D eigenvalue weighted by atomic mass is 9.82. The van der Waals surface area contributed by atoms with Crippen LogP contribution < -0.4 is 5.32 Å². The Morgan fingerprint density at radius 2 is 1.76 bits per heavy atom. The smallest absolute Gasteiger partial charge is 0.337 e. The normalized spacial score (nSPS) is 11.2. The number of carboxylic acids is 1. The van der Waals surface area contributed by atoms with Gasteiger partial charge in [0.05, 0.1) is 18.1 Å². The summed E-state index contributed by atoms with van der Waals surface area (Å²) >= 11 is 0. The fraction of sp³-hybridized carbons (Fsp3) is 0.500. The predicted molar refractivity (Wildman–Crippen MR) is 80.1 cm³/mol. The monoisotopic (exact) mass is 293 g/mol. The van der Waals surface area contributed by atoms with Crippen LogP contribution >= 0.6 is 0 Å². The lowest BCUT2D eigenvalue weighted by Gasteiger charge is -2.27. The number of rotatable bonds is 8. The molecule has 21 heavy (non-hydrogen) atoms. The van der Waals surface area contributed by atoms with Gasteiger partial charge in [0.25, 0.3) is 0 Å². The quantitative estimate of drug-likeness (QED) is 0.720. The van der Waals surface area contributed by atoms with Crippen LogP contribution in [0.2, 0.25) is 0 Å². The number of nitrogens with one attached hydrogen (secondary N) is 1. The van der Waals surface area contributed by atoms with Gasteiger partial charge in [0.15, 0.2) is 0 Å². The van der Waals surface area contributed by atoms with E-state index in [-0.39, 0.29) is 5.97 Å². The van der Waals surface area contributed by atoms with Gasteiger partial charge in [0.1, 0.15) is 0 Å². The summed E-state index contributed by atoms with van der Waals surface area (Å²) in [6.07, 6.45) is 1.18. The molecule has 1 aromatic rings. The Labute approximate surface area is 125 Å². The molecule has 0 bridgehead atoms. The summed E-state index contributed by atoms with van der Waals surface area (Å²) in [5.41, 5.74) is 0.781. The van der Waals surface area contributed by atoms with Gasteiger partial charge in [-0.3, -0.25) is 4.79 Å². The van der Waals surface area contributed by atoms with E-state index < -0.39 is 11.4 Å². The molecule has 0 aromatic heterocycles. The molecule has 5 heteroatoms. The molecule has 0 heterocycles. The first-order valence-corrected chi connectivity index (χ1v) is 7.10. The molecule has 0 unspecified atom stereocenters. The minimum atomic E-state index is -0.763. The fourth-order valence-electron chi connectivity index (χ4n) is 2.20. The molecule has 0 saturated heterocycles. The van der Waals surface area contributed by atoms with Crippen molar-refractivity contribution in [2.45, 2.75) is 33.2 Å². The summed E-state index contributed by atoms with van der Waals surface area (Å²) in [5, 5.41) is 12.5. The molecule has 0 aliphatic heterocycles. The van der Waals surface area contributed by atoms with E-state index in [0.717, 1.165) is 5.56 Å². The Bertz CT molecular complexity index is 478. The molecular weight excluding hydrogens is 270 g/mol. The number of hydrogen-bond donors (Lipinski definition) is 2. The lowest BCUT2D eigenvalue weighted by Crippen LogP contribution is -2.40. The third kappa shape index (κ3) is 4.29. The van der Waals surface area contributed by atoms with Crippen LogP contribution in [0.4, 0.5) is 0 Å². The van der Waals surface area contributed by atoms with E-state index in [0.29, 0.717) is 31.5 Å². The van der Waals surface area contributed by atoms with Gasteiger partial charge in [0, 0.05) is 13.1 Å². The Balaban J connectivity index is 2.59. The second-order valence-electron chi connectivity index (χ2n) is 5.08. The highest BCUT2D eigenvalue weighted by molar-refractivity contribution is 5.89. The number of carbonyl (C=O) groups excluding carboxylic acids is 1. The second-order valence-corrected chi connectivity index (χ2v) is 5.08. The Morgan fingerprint density at radius 1 is 1.19 bits per heavy atom. The molecule has 5 nitrogen and oxygen atoms in total. The van der Waals surface area contributed by atoms with Gasteiger partial charge in [-0.2, -0.15) is 0 Å². The van der Waals surface area contributed by atoms with E-state index in [1.165, 1.54) is 7.11 Å². The van der Waals surface area contributed by atoms with E-state index >= 15 is 0 Å². The molecule has 116 valence electrons. The van der Waals surface area contributed by atoms with Crippen molar-refractivity contribution < 1.29 is 19.4 Å². The zero-order valence-corrected chi connectivity index (χ0v) is 12.8. The predicted octanol–water partition coefficient (Wildman–Crippen LogP) is 2.45. The number of esters is 1. The number of ether oxygens (including phenoxy) is 1. The summed E-state index contributed by atoms with van der Waals surface area (Å²) in [6, 6.07) is 7.07. The summed E-state index contributed by atoms with van der Waals surface area (Å²) in [5.74, 6) is -1.13. The molecule has 0 atom stereocenters. The van der Waals surface area contributed by atoms with E-state index in [1.807, 2.05) is 26.0 Å². The first-order valence-electron chi connectivity index (χ1n) is 7.10. The Morgan fingerprint density at radius 3 is 2.19 bits per heavy atom. The van der Waals surface area contributed by atoms with Crippen molar-refractivity contribution in [1.82, 2.24) is 5.32 Å². The highest BCUT2D eigenvalue weighted by atomic mass is 16.5.